The number of nitrogens with one attached hydrogen (secondary N) is 1. The minimum atomic E-state index is -0.0226. The summed E-state index contributed by atoms with van der Waals surface area (Å²) in [7, 11) is 0. The van der Waals surface area contributed by atoms with E-state index in [2.05, 4.69) is 55.3 Å². The highest BCUT2D eigenvalue weighted by molar-refractivity contribution is 5.94. The molecular formula is C23H30N2O. The lowest BCUT2D eigenvalue weighted by atomic mass is 9.87. The lowest BCUT2D eigenvalue weighted by Gasteiger charge is -2.28. The summed E-state index contributed by atoms with van der Waals surface area (Å²) in [5.41, 5.74) is 4.47. The number of anilines is 1. The summed E-state index contributed by atoms with van der Waals surface area (Å²) in [6.45, 7) is 9.39. The highest BCUT2D eigenvalue weighted by Gasteiger charge is 2.14. The molecule has 138 valence electrons. The molecule has 1 heterocycles. The molecule has 3 rings (SSSR count). The van der Waals surface area contributed by atoms with Gasteiger partial charge in [0.15, 0.2) is 0 Å². The molecule has 26 heavy (non-hydrogen) atoms. The third kappa shape index (κ3) is 4.66. The van der Waals surface area contributed by atoms with Crippen LogP contribution in [-0.2, 0) is 12.0 Å². The van der Waals surface area contributed by atoms with Gasteiger partial charge in [-0.3, -0.25) is 4.79 Å². The standard InChI is InChI=1S/C23H30N2O/c1-23(2,3)20-11-9-19(10-12-20)22(26)24-17-18-7-13-21(14-8-18)25-15-5-4-6-16-25/h7-14H,4-6,15-17H2,1-3H3,(H,24,26). The van der Waals surface area contributed by atoms with Crippen molar-refractivity contribution in [3.05, 3.63) is 65.2 Å². The zero-order valence-corrected chi connectivity index (χ0v) is 16.2. The fourth-order valence-electron chi connectivity index (χ4n) is 3.38. The molecule has 3 heteroatoms. The number of amides is 1. The molecule has 3 nitrogen and oxygen atoms in total. The van der Waals surface area contributed by atoms with Gasteiger partial charge in [-0.2, -0.15) is 0 Å². The van der Waals surface area contributed by atoms with E-state index in [9.17, 15) is 4.79 Å². The molecule has 0 spiro atoms. The molecule has 0 aliphatic carbocycles. The number of carbonyl (C=O) groups excluding carboxylic acids is 1. The van der Waals surface area contributed by atoms with Crippen LogP contribution in [0.3, 0.4) is 0 Å². The monoisotopic (exact) mass is 350 g/mol. The molecule has 2 aromatic carbocycles. The Morgan fingerprint density at radius 3 is 2.12 bits per heavy atom. The van der Waals surface area contributed by atoms with E-state index in [-0.39, 0.29) is 11.3 Å². The molecule has 1 saturated heterocycles. The Labute approximate surface area is 157 Å². The number of benzene rings is 2. The molecule has 0 unspecified atom stereocenters. The van der Waals surface area contributed by atoms with E-state index < -0.39 is 0 Å². The second-order valence-electron chi connectivity index (χ2n) is 8.22. The molecule has 1 amide bonds. The molecule has 1 aliphatic rings. The van der Waals surface area contributed by atoms with Crippen LogP contribution in [0.5, 0.6) is 0 Å². The maximum atomic E-state index is 12.4. The predicted molar refractivity (Wildman–Crippen MR) is 109 cm³/mol. The van der Waals surface area contributed by atoms with E-state index in [1.165, 1.54) is 30.5 Å². The first kappa shape index (κ1) is 18.5. The first-order chi connectivity index (χ1) is 12.4. The number of hydrogen-bond donors (Lipinski definition) is 1. The van der Waals surface area contributed by atoms with Gasteiger partial charge >= 0.3 is 0 Å². The Balaban J connectivity index is 1.55. The third-order valence-electron chi connectivity index (χ3n) is 5.12. The number of hydrogen-bond acceptors (Lipinski definition) is 2. The van der Waals surface area contributed by atoms with Crippen LogP contribution < -0.4 is 10.2 Å². The topological polar surface area (TPSA) is 32.3 Å². The van der Waals surface area contributed by atoms with Crippen molar-refractivity contribution in [2.75, 3.05) is 18.0 Å². The second kappa shape index (κ2) is 7.94. The van der Waals surface area contributed by atoms with E-state index in [4.69, 9.17) is 0 Å². The summed E-state index contributed by atoms with van der Waals surface area (Å²) >= 11 is 0. The van der Waals surface area contributed by atoms with Gasteiger partial charge in [0.1, 0.15) is 0 Å². The zero-order chi connectivity index (χ0) is 18.6. The van der Waals surface area contributed by atoms with Gasteiger partial charge in [-0.15, -0.1) is 0 Å². The van der Waals surface area contributed by atoms with Gasteiger partial charge in [-0.05, 0) is 60.1 Å². The van der Waals surface area contributed by atoms with Crippen molar-refractivity contribution in [1.29, 1.82) is 0 Å². The fraction of sp³-hybridized carbons (Fsp3) is 0.435. The molecule has 0 saturated carbocycles. The molecule has 1 aliphatic heterocycles. The van der Waals surface area contributed by atoms with Crippen LogP contribution in [0.1, 0.15) is 61.5 Å². The van der Waals surface area contributed by atoms with E-state index in [0.717, 1.165) is 18.7 Å². The summed E-state index contributed by atoms with van der Waals surface area (Å²) in [5.74, 6) is -0.0226. The summed E-state index contributed by atoms with van der Waals surface area (Å²) in [6, 6.07) is 16.5. The summed E-state index contributed by atoms with van der Waals surface area (Å²) in [4.78, 5) is 14.8. The lowest BCUT2D eigenvalue weighted by Crippen LogP contribution is -2.29. The van der Waals surface area contributed by atoms with Crippen molar-refractivity contribution in [3.8, 4) is 0 Å². The molecule has 0 bridgehead atoms. The van der Waals surface area contributed by atoms with Crippen LogP contribution in [0.15, 0.2) is 48.5 Å². The SMILES string of the molecule is CC(C)(C)c1ccc(C(=O)NCc2ccc(N3CCCCC3)cc2)cc1. The third-order valence-corrected chi connectivity index (χ3v) is 5.12. The van der Waals surface area contributed by atoms with Crippen LogP contribution in [0.25, 0.3) is 0 Å². The number of rotatable bonds is 4. The fourth-order valence-corrected chi connectivity index (χ4v) is 3.38. The Kier molecular flexibility index (Phi) is 5.65. The van der Waals surface area contributed by atoms with Crippen molar-refractivity contribution >= 4 is 11.6 Å². The normalized spacial score (nSPS) is 15.0. The number of carbonyl (C=O) groups is 1. The summed E-state index contributed by atoms with van der Waals surface area (Å²) < 4.78 is 0. The first-order valence-electron chi connectivity index (χ1n) is 9.66. The van der Waals surface area contributed by atoms with Gasteiger partial charge in [0.25, 0.3) is 5.91 Å². The van der Waals surface area contributed by atoms with Gasteiger partial charge in [0.05, 0.1) is 0 Å². The van der Waals surface area contributed by atoms with Crippen molar-refractivity contribution in [1.82, 2.24) is 5.32 Å². The lowest BCUT2D eigenvalue weighted by molar-refractivity contribution is 0.0951. The summed E-state index contributed by atoms with van der Waals surface area (Å²) in [5, 5.41) is 3.02. The average molecular weight is 351 g/mol. The Morgan fingerprint density at radius 1 is 0.923 bits per heavy atom. The maximum absolute atomic E-state index is 12.4. The second-order valence-corrected chi connectivity index (χ2v) is 8.22. The van der Waals surface area contributed by atoms with Crippen molar-refractivity contribution in [3.63, 3.8) is 0 Å². The Morgan fingerprint density at radius 2 is 1.54 bits per heavy atom. The number of nitrogens with zero attached hydrogens (tertiary/aromatic N) is 1. The van der Waals surface area contributed by atoms with Gasteiger partial charge in [-0.1, -0.05) is 45.0 Å². The van der Waals surface area contributed by atoms with E-state index in [1.54, 1.807) is 0 Å². The van der Waals surface area contributed by atoms with E-state index >= 15 is 0 Å². The van der Waals surface area contributed by atoms with Crippen LogP contribution in [0.4, 0.5) is 5.69 Å². The van der Waals surface area contributed by atoms with Gasteiger partial charge < -0.3 is 10.2 Å². The Hall–Kier alpha value is -2.29. The molecule has 1 N–H and O–H groups in total. The largest absolute Gasteiger partial charge is 0.372 e. The van der Waals surface area contributed by atoms with Gasteiger partial charge in [0, 0.05) is 30.9 Å². The minimum Gasteiger partial charge on any atom is -0.372 e. The maximum Gasteiger partial charge on any atom is 0.251 e. The molecule has 0 radical (unpaired) electrons. The van der Waals surface area contributed by atoms with Crippen LogP contribution in [0, 0.1) is 0 Å². The summed E-state index contributed by atoms with van der Waals surface area (Å²) in [6.07, 6.45) is 3.91. The smallest absolute Gasteiger partial charge is 0.251 e. The molecule has 0 atom stereocenters. The zero-order valence-electron chi connectivity index (χ0n) is 16.2. The molecule has 0 aromatic heterocycles. The molecular weight excluding hydrogens is 320 g/mol. The number of piperidine rings is 1. The average Bonchev–Trinajstić information content (AvgIpc) is 2.66. The van der Waals surface area contributed by atoms with Crippen molar-refractivity contribution < 1.29 is 4.79 Å². The molecule has 2 aromatic rings. The quantitative estimate of drug-likeness (QED) is 0.850. The van der Waals surface area contributed by atoms with Gasteiger partial charge in [-0.25, -0.2) is 0 Å². The first-order valence-corrected chi connectivity index (χ1v) is 9.66. The minimum absolute atomic E-state index is 0.0226. The highest BCUT2D eigenvalue weighted by atomic mass is 16.1. The Bertz CT molecular complexity index is 720. The van der Waals surface area contributed by atoms with Crippen LogP contribution in [0.2, 0.25) is 0 Å². The van der Waals surface area contributed by atoms with E-state index in [0.29, 0.717) is 12.1 Å². The predicted octanol–water partition coefficient (Wildman–Crippen LogP) is 4.90. The van der Waals surface area contributed by atoms with Crippen molar-refractivity contribution in [2.45, 2.75) is 52.0 Å². The van der Waals surface area contributed by atoms with Crippen molar-refractivity contribution in [2.24, 2.45) is 0 Å². The van der Waals surface area contributed by atoms with Crippen LogP contribution >= 0.6 is 0 Å². The van der Waals surface area contributed by atoms with Crippen LogP contribution in [-0.4, -0.2) is 19.0 Å². The van der Waals surface area contributed by atoms with E-state index in [1.807, 2.05) is 24.3 Å². The highest BCUT2D eigenvalue weighted by Crippen LogP contribution is 2.22. The molecule has 1 fully saturated rings. The van der Waals surface area contributed by atoms with Gasteiger partial charge in [0.2, 0.25) is 0 Å².